The molecule has 1 aliphatic rings. The van der Waals surface area contributed by atoms with E-state index in [-0.39, 0.29) is 0 Å². The number of benzene rings is 2. The Bertz CT molecular complexity index is 596. The highest BCUT2D eigenvalue weighted by atomic mass is 79.9. The van der Waals surface area contributed by atoms with Gasteiger partial charge in [0, 0.05) is 16.4 Å². The summed E-state index contributed by atoms with van der Waals surface area (Å²) in [5.41, 5.74) is 2.65. The standard InChI is InChI=1S/C18H20BrNO/c1-2-20-18(13-7-9-14(19)10-8-13)16-11-12-21-17-6-4-3-5-15(16)17/h3-10,16,18,20H,2,11-12H2,1H3. The first kappa shape index (κ1) is 14.6. The summed E-state index contributed by atoms with van der Waals surface area (Å²) in [5, 5.41) is 3.66. The molecule has 2 unspecified atom stereocenters. The summed E-state index contributed by atoms with van der Waals surface area (Å²) in [6.45, 7) is 3.91. The van der Waals surface area contributed by atoms with Gasteiger partial charge in [0.2, 0.25) is 0 Å². The van der Waals surface area contributed by atoms with Gasteiger partial charge in [-0.15, -0.1) is 0 Å². The van der Waals surface area contributed by atoms with Gasteiger partial charge < -0.3 is 10.1 Å². The van der Waals surface area contributed by atoms with Gasteiger partial charge in [0.25, 0.3) is 0 Å². The summed E-state index contributed by atoms with van der Waals surface area (Å²) in [6.07, 6.45) is 1.05. The van der Waals surface area contributed by atoms with Crippen molar-refractivity contribution in [3.8, 4) is 5.75 Å². The van der Waals surface area contributed by atoms with E-state index in [1.807, 2.05) is 6.07 Å². The average molecular weight is 346 g/mol. The van der Waals surface area contributed by atoms with E-state index >= 15 is 0 Å². The van der Waals surface area contributed by atoms with Gasteiger partial charge >= 0.3 is 0 Å². The summed E-state index contributed by atoms with van der Waals surface area (Å²) in [6, 6.07) is 17.4. The third-order valence-electron chi connectivity index (χ3n) is 4.06. The van der Waals surface area contributed by atoms with Gasteiger partial charge in [-0.2, -0.15) is 0 Å². The highest BCUT2D eigenvalue weighted by molar-refractivity contribution is 9.10. The Hall–Kier alpha value is -1.32. The van der Waals surface area contributed by atoms with Crippen LogP contribution in [0.15, 0.2) is 53.0 Å². The van der Waals surface area contributed by atoms with E-state index in [0.717, 1.165) is 29.8 Å². The van der Waals surface area contributed by atoms with Crippen LogP contribution in [0.3, 0.4) is 0 Å². The Morgan fingerprint density at radius 3 is 2.71 bits per heavy atom. The maximum absolute atomic E-state index is 5.80. The highest BCUT2D eigenvalue weighted by Crippen LogP contribution is 2.41. The fraction of sp³-hybridized carbons (Fsp3) is 0.333. The van der Waals surface area contributed by atoms with Crippen LogP contribution in [0.1, 0.15) is 36.4 Å². The van der Waals surface area contributed by atoms with Gasteiger partial charge in [0.1, 0.15) is 5.75 Å². The number of nitrogens with one attached hydrogen (secondary N) is 1. The zero-order chi connectivity index (χ0) is 14.7. The van der Waals surface area contributed by atoms with Gasteiger partial charge in [-0.25, -0.2) is 0 Å². The van der Waals surface area contributed by atoms with Gasteiger partial charge in [0.15, 0.2) is 0 Å². The molecule has 0 fully saturated rings. The Kier molecular flexibility index (Phi) is 4.61. The highest BCUT2D eigenvalue weighted by Gasteiger charge is 2.29. The van der Waals surface area contributed by atoms with E-state index in [1.54, 1.807) is 0 Å². The van der Waals surface area contributed by atoms with Gasteiger partial charge in [-0.3, -0.25) is 0 Å². The maximum Gasteiger partial charge on any atom is 0.122 e. The third kappa shape index (κ3) is 3.14. The quantitative estimate of drug-likeness (QED) is 0.869. The van der Waals surface area contributed by atoms with Crippen LogP contribution in [-0.2, 0) is 0 Å². The number of likely N-dealkylation sites (N-methyl/N-ethyl adjacent to an activating group) is 1. The molecule has 0 saturated heterocycles. The molecule has 3 rings (SSSR count). The van der Waals surface area contributed by atoms with Crippen molar-refractivity contribution in [1.82, 2.24) is 5.32 Å². The molecule has 0 radical (unpaired) electrons. The van der Waals surface area contributed by atoms with Crippen molar-refractivity contribution in [2.75, 3.05) is 13.2 Å². The van der Waals surface area contributed by atoms with Crippen LogP contribution in [0, 0.1) is 0 Å². The van der Waals surface area contributed by atoms with Crippen molar-refractivity contribution in [3.05, 3.63) is 64.1 Å². The minimum absolute atomic E-state index is 0.327. The molecule has 2 aromatic rings. The van der Waals surface area contributed by atoms with Crippen molar-refractivity contribution in [1.29, 1.82) is 0 Å². The molecule has 1 heterocycles. The van der Waals surface area contributed by atoms with Crippen LogP contribution in [0.5, 0.6) is 5.75 Å². The number of rotatable bonds is 4. The van der Waals surface area contributed by atoms with E-state index < -0.39 is 0 Å². The Morgan fingerprint density at radius 2 is 1.95 bits per heavy atom. The van der Waals surface area contributed by atoms with E-state index in [2.05, 4.69) is 70.6 Å². The van der Waals surface area contributed by atoms with Crippen molar-refractivity contribution in [2.24, 2.45) is 0 Å². The predicted molar refractivity (Wildman–Crippen MR) is 89.9 cm³/mol. The normalized spacial score (nSPS) is 18.7. The number of fused-ring (bicyclic) bond motifs is 1. The van der Waals surface area contributed by atoms with Gasteiger partial charge in [-0.05, 0) is 42.3 Å². The molecule has 0 amide bonds. The minimum atomic E-state index is 0.327. The number of halogens is 1. The SMILES string of the molecule is CCNC(c1ccc(Br)cc1)C1CCOc2ccccc21. The molecule has 2 nitrogen and oxygen atoms in total. The summed E-state index contributed by atoms with van der Waals surface area (Å²) in [4.78, 5) is 0. The van der Waals surface area contributed by atoms with Crippen LogP contribution in [0.4, 0.5) is 0 Å². The second-order valence-electron chi connectivity index (χ2n) is 5.37. The van der Waals surface area contributed by atoms with Crippen LogP contribution >= 0.6 is 15.9 Å². The lowest BCUT2D eigenvalue weighted by Gasteiger charge is -2.33. The Labute approximate surface area is 134 Å². The Balaban J connectivity index is 1.96. The lowest BCUT2D eigenvalue weighted by atomic mass is 9.83. The molecular weight excluding hydrogens is 326 g/mol. The smallest absolute Gasteiger partial charge is 0.122 e. The van der Waals surface area contributed by atoms with Crippen LogP contribution in [-0.4, -0.2) is 13.2 Å². The third-order valence-corrected chi connectivity index (χ3v) is 4.59. The molecule has 2 atom stereocenters. The molecule has 21 heavy (non-hydrogen) atoms. The van der Waals surface area contributed by atoms with Gasteiger partial charge in [-0.1, -0.05) is 53.2 Å². The second kappa shape index (κ2) is 6.63. The second-order valence-corrected chi connectivity index (χ2v) is 6.28. The molecular formula is C18H20BrNO. The molecule has 0 bridgehead atoms. The topological polar surface area (TPSA) is 21.3 Å². The fourth-order valence-corrected chi connectivity index (χ4v) is 3.36. The summed E-state index contributed by atoms with van der Waals surface area (Å²) < 4.78 is 6.92. The monoisotopic (exact) mass is 345 g/mol. The average Bonchev–Trinajstić information content (AvgIpc) is 2.53. The molecule has 1 N–H and O–H groups in total. The van der Waals surface area contributed by atoms with Gasteiger partial charge in [0.05, 0.1) is 6.61 Å². The molecule has 0 aromatic heterocycles. The van der Waals surface area contributed by atoms with Crippen molar-refractivity contribution in [2.45, 2.75) is 25.3 Å². The van der Waals surface area contributed by atoms with Crippen molar-refractivity contribution in [3.63, 3.8) is 0 Å². The summed E-state index contributed by atoms with van der Waals surface area (Å²) in [7, 11) is 0. The van der Waals surface area contributed by atoms with Crippen LogP contribution in [0.25, 0.3) is 0 Å². The largest absolute Gasteiger partial charge is 0.493 e. The molecule has 0 aliphatic carbocycles. The van der Waals surface area contributed by atoms with E-state index in [9.17, 15) is 0 Å². The maximum atomic E-state index is 5.80. The number of para-hydroxylation sites is 1. The summed E-state index contributed by atoms with van der Waals surface area (Å²) >= 11 is 3.51. The fourth-order valence-electron chi connectivity index (χ4n) is 3.10. The van der Waals surface area contributed by atoms with Crippen molar-refractivity contribution >= 4 is 15.9 Å². The number of ether oxygens (including phenoxy) is 1. The van der Waals surface area contributed by atoms with E-state index in [1.165, 1.54) is 11.1 Å². The molecule has 3 heteroatoms. The molecule has 2 aromatic carbocycles. The molecule has 1 aliphatic heterocycles. The van der Waals surface area contributed by atoms with E-state index in [0.29, 0.717) is 12.0 Å². The lowest BCUT2D eigenvalue weighted by molar-refractivity contribution is 0.246. The molecule has 0 spiro atoms. The Morgan fingerprint density at radius 1 is 1.19 bits per heavy atom. The van der Waals surface area contributed by atoms with Crippen LogP contribution < -0.4 is 10.1 Å². The molecule has 0 saturated carbocycles. The van der Waals surface area contributed by atoms with E-state index in [4.69, 9.17) is 4.74 Å². The first-order chi connectivity index (χ1) is 10.3. The minimum Gasteiger partial charge on any atom is -0.493 e. The van der Waals surface area contributed by atoms with Crippen LogP contribution in [0.2, 0.25) is 0 Å². The molecule has 110 valence electrons. The first-order valence-corrected chi connectivity index (χ1v) is 8.29. The lowest BCUT2D eigenvalue weighted by Crippen LogP contribution is -2.30. The zero-order valence-electron chi connectivity index (χ0n) is 12.2. The zero-order valence-corrected chi connectivity index (χ0v) is 13.8. The number of hydrogen-bond donors (Lipinski definition) is 1. The van der Waals surface area contributed by atoms with Crippen molar-refractivity contribution < 1.29 is 4.74 Å². The summed E-state index contributed by atoms with van der Waals surface area (Å²) in [5.74, 6) is 1.49. The first-order valence-electron chi connectivity index (χ1n) is 7.50. The predicted octanol–water partition coefficient (Wildman–Crippen LogP) is 4.67. The number of hydrogen-bond acceptors (Lipinski definition) is 2.